The van der Waals surface area contributed by atoms with E-state index in [0.29, 0.717) is 19.3 Å². The minimum absolute atomic E-state index is 0.105. The van der Waals surface area contributed by atoms with Gasteiger partial charge in [-0.1, -0.05) is 499 Å². The molecule has 0 aromatic rings. The Morgan fingerprint density at radius 2 is 0.387 bits per heavy atom. The summed E-state index contributed by atoms with van der Waals surface area (Å²) >= 11 is 0. The molecule has 0 heterocycles. The molecule has 5 atom stereocenters. The van der Waals surface area contributed by atoms with Crippen LogP contribution in [-0.4, -0.2) is 95.9 Å². The van der Waals surface area contributed by atoms with Crippen molar-refractivity contribution in [3.8, 4) is 0 Å². The van der Waals surface area contributed by atoms with Gasteiger partial charge in [-0.25, -0.2) is 9.13 Å². The van der Waals surface area contributed by atoms with E-state index >= 15 is 0 Å². The highest BCUT2D eigenvalue weighted by Crippen LogP contribution is 2.45. The summed E-state index contributed by atoms with van der Waals surface area (Å²) in [7, 11) is -9.82. The molecule has 0 aliphatic heterocycles. The van der Waals surface area contributed by atoms with E-state index in [4.69, 9.17) is 32.3 Å². The van der Waals surface area contributed by atoms with Gasteiger partial charge in [0.15, 0.2) is 6.10 Å². The average Bonchev–Trinajstić information content (AvgIpc) is 0.896. The number of carbonyl (C=O) groups is 3. The number of rotatable bonds is 107. The molecule has 0 aromatic heterocycles. The van der Waals surface area contributed by atoms with Crippen molar-refractivity contribution in [2.45, 2.75) is 527 Å². The van der Waals surface area contributed by atoms with Crippen molar-refractivity contribution in [1.82, 2.24) is 0 Å². The normalized spacial score (nSPS) is 14.2. The first-order valence-corrected chi connectivity index (χ1v) is 59.4. The van der Waals surface area contributed by atoms with Crippen LogP contribution in [0.4, 0.5) is 0 Å². The maximum Gasteiger partial charge on any atom is 0.472 e. The van der Waals surface area contributed by atoms with Gasteiger partial charge in [-0.3, -0.25) is 32.5 Å². The first kappa shape index (κ1) is 132. The molecule has 16 nitrogen and oxygen atoms in total. The molecule has 0 radical (unpaired) electrons. The number of phosphoric ester groups is 2. The molecule has 0 aliphatic carbocycles. The molecule has 0 saturated heterocycles. The van der Waals surface area contributed by atoms with Crippen LogP contribution in [0.15, 0.2) is 170 Å². The minimum Gasteiger partial charge on any atom is -0.463 e. The van der Waals surface area contributed by atoms with Gasteiger partial charge in [-0.2, -0.15) is 0 Å². The van der Waals surface area contributed by atoms with Gasteiger partial charge in [0.25, 0.3) is 0 Å². The summed E-state index contributed by atoms with van der Waals surface area (Å²) in [5, 5.41) is 20.8. The van der Waals surface area contributed by atoms with Crippen LogP contribution in [0, 0.1) is 0 Å². The Bertz CT molecular complexity index is 3170. The van der Waals surface area contributed by atoms with Gasteiger partial charge in [-0.05, 0) is 161 Å². The highest BCUT2D eigenvalue weighted by atomic mass is 31.2. The number of hydrogen-bond donors (Lipinski definition) is 4. The Balaban J connectivity index is 4.59. The molecule has 0 aromatic carbocycles. The fraction of sp³-hybridized carbons (Fsp3) is 0.739. The lowest BCUT2D eigenvalue weighted by molar-refractivity contribution is -0.161. The molecule has 4 N–H and O–H groups in total. The first-order chi connectivity index (χ1) is 67.2. The number of unbranched alkanes of at least 4 members (excludes halogenated alkanes) is 56. The van der Waals surface area contributed by atoms with Crippen LogP contribution in [-0.2, 0) is 55.8 Å². The summed E-state index contributed by atoms with van der Waals surface area (Å²) in [6, 6.07) is 0. The van der Waals surface area contributed by atoms with Crippen LogP contribution in [0.25, 0.3) is 0 Å². The van der Waals surface area contributed by atoms with Crippen LogP contribution in [0.2, 0.25) is 0 Å². The molecule has 0 spiro atoms. The van der Waals surface area contributed by atoms with Gasteiger partial charge in [0.05, 0.1) is 26.4 Å². The van der Waals surface area contributed by atoms with Crippen LogP contribution >= 0.6 is 15.6 Å². The second-order valence-electron chi connectivity index (χ2n) is 37.8. The first-order valence-electron chi connectivity index (χ1n) is 56.4. The zero-order valence-electron chi connectivity index (χ0n) is 88.0. The van der Waals surface area contributed by atoms with Crippen molar-refractivity contribution in [2.24, 2.45) is 0 Å². The molecule has 5 unspecified atom stereocenters. The molecule has 0 fully saturated rings. The molecule has 0 aliphatic rings. The Morgan fingerprint density at radius 1 is 0.212 bits per heavy atom. The van der Waals surface area contributed by atoms with Crippen LogP contribution in [0.5, 0.6) is 0 Å². The predicted molar refractivity (Wildman–Crippen MR) is 583 cm³/mol. The standard InChI is InChI=1S/C119H208O16P2/c1-4-7-10-13-16-19-22-25-28-31-34-37-40-43-46-49-52-55-56-59-61-63-66-69-72-75-78-81-84-87-90-93-96-99-102-105-117(122)129-108-114(120)109-131-136(125,126)132-110-115(121)111-133-137(127,128)134-113-116(135-119(124)107-104-101-98-95-92-89-86-83-80-77-74-71-68-65-62-58-54-51-48-45-42-39-36-33-30-27-24-21-18-15-12-9-6-3)112-130-118(123)106-103-100-97-94-91-88-85-82-79-76-73-70-67-64-60-57-53-50-47-44-41-38-35-32-29-26-23-20-17-14-11-8-5-2/h7,10,16-21,25-30,34-39,43-48,52,55,114-116,120-121H,4-6,8-9,11-15,22-24,31-33,40-42,49-51,53-54,56-113H2,1-3H3,(H,125,126)(H,127,128)/b10-7-,19-16-,20-17-,21-18-,28-25-,29-26-,30-27-,37-34-,38-35-,39-36-,46-43-,47-44-,48-45-,55-52-. The number of aliphatic hydroxyl groups excluding tert-OH is 2. The molecule has 0 bridgehead atoms. The molecule has 790 valence electrons. The van der Waals surface area contributed by atoms with Gasteiger partial charge in [0.1, 0.15) is 25.4 Å². The fourth-order valence-corrected chi connectivity index (χ4v) is 17.5. The van der Waals surface area contributed by atoms with E-state index in [1.807, 2.05) is 0 Å². The minimum atomic E-state index is -4.95. The highest BCUT2D eigenvalue weighted by molar-refractivity contribution is 7.47. The predicted octanol–water partition coefficient (Wildman–Crippen LogP) is 36.5. The third kappa shape index (κ3) is 111. The Labute approximate surface area is 841 Å². The number of aliphatic hydroxyl groups is 2. The quantitative estimate of drug-likeness (QED) is 0.0146. The van der Waals surface area contributed by atoms with Gasteiger partial charge in [0, 0.05) is 19.3 Å². The second-order valence-corrected chi connectivity index (χ2v) is 40.7. The fourth-order valence-electron chi connectivity index (χ4n) is 15.9. The maximum absolute atomic E-state index is 13.2. The van der Waals surface area contributed by atoms with Crippen LogP contribution in [0.1, 0.15) is 509 Å². The summed E-state index contributed by atoms with van der Waals surface area (Å²) in [6.45, 7) is 2.62. The van der Waals surface area contributed by atoms with Crippen molar-refractivity contribution in [3.63, 3.8) is 0 Å². The summed E-state index contributed by atoms with van der Waals surface area (Å²) in [5.74, 6) is -1.55. The molecule has 137 heavy (non-hydrogen) atoms. The number of carbonyl (C=O) groups excluding carboxylic acids is 3. The zero-order valence-corrected chi connectivity index (χ0v) is 89.8. The molecule has 0 amide bonds. The lowest BCUT2D eigenvalue weighted by Crippen LogP contribution is -2.30. The lowest BCUT2D eigenvalue weighted by atomic mass is 10.0. The van der Waals surface area contributed by atoms with E-state index in [1.54, 1.807) is 0 Å². The molecule has 0 rings (SSSR count). The lowest BCUT2D eigenvalue weighted by Gasteiger charge is -2.21. The zero-order chi connectivity index (χ0) is 99.2. The Morgan fingerprint density at radius 3 is 0.613 bits per heavy atom. The molecule has 0 saturated carbocycles. The van der Waals surface area contributed by atoms with Crippen molar-refractivity contribution >= 4 is 33.6 Å². The van der Waals surface area contributed by atoms with E-state index in [-0.39, 0.29) is 19.3 Å². The maximum atomic E-state index is 13.2. The van der Waals surface area contributed by atoms with E-state index in [9.17, 15) is 43.5 Å². The number of phosphoric acid groups is 2. The van der Waals surface area contributed by atoms with Crippen molar-refractivity contribution < 1.29 is 75.8 Å². The van der Waals surface area contributed by atoms with E-state index < -0.39 is 91.5 Å². The van der Waals surface area contributed by atoms with Crippen molar-refractivity contribution in [1.29, 1.82) is 0 Å². The smallest absolute Gasteiger partial charge is 0.463 e. The second kappa shape index (κ2) is 110. The van der Waals surface area contributed by atoms with Gasteiger partial charge < -0.3 is 34.2 Å². The number of hydrogen-bond acceptors (Lipinski definition) is 14. The highest BCUT2D eigenvalue weighted by Gasteiger charge is 2.30. The van der Waals surface area contributed by atoms with E-state index in [1.165, 1.54) is 308 Å². The number of ether oxygens (including phenoxy) is 3. The summed E-state index contributed by atoms with van der Waals surface area (Å²) in [4.78, 5) is 59.4. The third-order valence-electron chi connectivity index (χ3n) is 24.4. The van der Waals surface area contributed by atoms with Gasteiger partial charge >= 0.3 is 33.6 Å². The monoisotopic (exact) mass is 1960 g/mol. The summed E-state index contributed by atoms with van der Waals surface area (Å²) in [5.41, 5.74) is 0. The topological polar surface area (TPSA) is 231 Å². The van der Waals surface area contributed by atoms with Crippen molar-refractivity contribution in [2.75, 3.05) is 39.6 Å². The molecular weight excluding hydrogens is 1750 g/mol. The van der Waals surface area contributed by atoms with E-state index in [2.05, 4.69) is 191 Å². The largest absolute Gasteiger partial charge is 0.472 e. The van der Waals surface area contributed by atoms with Crippen LogP contribution < -0.4 is 0 Å². The average molecular weight is 1960 g/mol. The van der Waals surface area contributed by atoms with E-state index in [0.717, 1.165) is 141 Å². The number of allylic oxidation sites excluding steroid dienone is 28. The Hall–Kier alpha value is -5.09. The number of esters is 3. The summed E-state index contributed by atoms with van der Waals surface area (Å²) in [6.07, 6.45) is 146. The third-order valence-corrected chi connectivity index (χ3v) is 26.3. The van der Waals surface area contributed by atoms with Gasteiger partial charge in [0.2, 0.25) is 0 Å². The SMILES string of the molecule is CC/C=C\C/C=C\C/C=C\C/C=C\C/C=C\C/C=C\CCCCCCCCCCCCCCCCCCC(=O)OCC(O)COP(=O)(O)OCC(O)COP(=O)(O)OCC(COC(=O)CCCCCCCCCCCCCCCCCCC/C=C\C/C=C\C/C=C\C/C=C\CCCCC)OC(=O)CCCCCCCCCCCCCCCCCCC/C=C\C/C=C\C/C=C\C/C=C\CCCCC. The van der Waals surface area contributed by atoms with Gasteiger partial charge in [-0.15, -0.1) is 0 Å². The van der Waals surface area contributed by atoms with Crippen molar-refractivity contribution in [3.05, 3.63) is 170 Å². The summed E-state index contributed by atoms with van der Waals surface area (Å²) < 4.78 is 61.9. The molecular formula is C119H208O16P2. The van der Waals surface area contributed by atoms with Crippen LogP contribution in [0.3, 0.4) is 0 Å². The molecule has 18 heteroatoms. The Kier molecular flexibility index (Phi) is 106.